The van der Waals surface area contributed by atoms with Crippen LogP contribution in [0.2, 0.25) is 0 Å². The first-order valence-electron chi connectivity index (χ1n) is 11.1. The van der Waals surface area contributed by atoms with Crippen molar-refractivity contribution in [3.05, 3.63) is 23.8 Å². The molecule has 2 aliphatic heterocycles. The number of carbonyl (C=O) groups is 1. The average molecular weight is 402 g/mol. The molecule has 0 aromatic heterocycles. The van der Waals surface area contributed by atoms with E-state index >= 15 is 0 Å². The van der Waals surface area contributed by atoms with Gasteiger partial charge in [0.15, 0.2) is 11.5 Å². The number of amides is 1. The van der Waals surface area contributed by atoms with E-state index in [1.165, 1.54) is 5.56 Å². The number of hydrogen-bond acceptors (Lipinski definition) is 4. The summed E-state index contributed by atoms with van der Waals surface area (Å²) in [6.07, 6.45) is 6.14. The van der Waals surface area contributed by atoms with E-state index in [1.807, 2.05) is 6.07 Å². The molecule has 1 saturated carbocycles. The molecular formula is C24H35NO4. The SMILES string of the molecule is CC(C)(C)C1CCC(C(=O)NCC2(c3ccc4c(c3)OCO4)CCOCC2)CC1. The van der Waals surface area contributed by atoms with Crippen molar-refractivity contribution in [2.24, 2.45) is 17.3 Å². The maximum atomic E-state index is 13.0. The van der Waals surface area contributed by atoms with Crippen LogP contribution in [0.3, 0.4) is 0 Å². The van der Waals surface area contributed by atoms with E-state index in [9.17, 15) is 4.79 Å². The summed E-state index contributed by atoms with van der Waals surface area (Å²) >= 11 is 0. The Hall–Kier alpha value is -1.75. The summed E-state index contributed by atoms with van der Waals surface area (Å²) in [5, 5.41) is 3.32. The lowest BCUT2D eigenvalue weighted by atomic mass is 9.69. The van der Waals surface area contributed by atoms with E-state index in [-0.39, 0.29) is 24.0 Å². The highest BCUT2D eigenvalue weighted by atomic mass is 16.7. The van der Waals surface area contributed by atoms with Gasteiger partial charge in [0.1, 0.15) is 0 Å². The number of hydrogen-bond donors (Lipinski definition) is 1. The number of rotatable bonds is 4. The quantitative estimate of drug-likeness (QED) is 0.811. The summed E-state index contributed by atoms with van der Waals surface area (Å²) in [5.74, 6) is 2.71. The molecule has 1 aliphatic carbocycles. The first kappa shape index (κ1) is 20.5. The van der Waals surface area contributed by atoms with Crippen LogP contribution in [-0.2, 0) is 14.9 Å². The molecule has 160 valence electrons. The molecule has 0 radical (unpaired) electrons. The second kappa shape index (κ2) is 8.17. The monoisotopic (exact) mass is 401 g/mol. The third-order valence-corrected chi connectivity index (χ3v) is 7.36. The molecule has 1 N–H and O–H groups in total. The predicted molar refractivity (Wildman–Crippen MR) is 112 cm³/mol. The number of fused-ring (bicyclic) bond motifs is 1. The molecule has 1 amide bonds. The largest absolute Gasteiger partial charge is 0.454 e. The van der Waals surface area contributed by atoms with Crippen LogP contribution in [0.25, 0.3) is 0 Å². The molecule has 0 spiro atoms. The Morgan fingerprint density at radius 3 is 2.45 bits per heavy atom. The minimum absolute atomic E-state index is 0.0997. The van der Waals surface area contributed by atoms with Crippen molar-refractivity contribution in [3.8, 4) is 11.5 Å². The number of benzene rings is 1. The van der Waals surface area contributed by atoms with Crippen LogP contribution in [0.4, 0.5) is 0 Å². The Balaban J connectivity index is 1.41. The predicted octanol–water partition coefficient (Wildman–Crippen LogP) is 4.43. The van der Waals surface area contributed by atoms with Gasteiger partial charge in [-0.3, -0.25) is 4.79 Å². The molecule has 1 saturated heterocycles. The number of carbonyl (C=O) groups excluding carboxylic acids is 1. The molecule has 1 aromatic carbocycles. The highest BCUT2D eigenvalue weighted by molar-refractivity contribution is 5.78. The van der Waals surface area contributed by atoms with Crippen molar-refractivity contribution in [2.45, 2.75) is 64.7 Å². The number of nitrogens with one attached hydrogen (secondary N) is 1. The van der Waals surface area contributed by atoms with Crippen LogP contribution < -0.4 is 14.8 Å². The molecule has 29 heavy (non-hydrogen) atoms. The molecule has 2 fully saturated rings. The topological polar surface area (TPSA) is 56.8 Å². The molecule has 1 aromatic rings. The third-order valence-electron chi connectivity index (χ3n) is 7.36. The smallest absolute Gasteiger partial charge is 0.231 e. The molecule has 2 heterocycles. The van der Waals surface area contributed by atoms with Gasteiger partial charge in [-0.1, -0.05) is 26.8 Å². The van der Waals surface area contributed by atoms with Crippen molar-refractivity contribution in [1.29, 1.82) is 0 Å². The molecule has 0 unspecified atom stereocenters. The molecule has 5 heteroatoms. The van der Waals surface area contributed by atoms with Gasteiger partial charge in [-0.2, -0.15) is 0 Å². The summed E-state index contributed by atoms with van der Waals surface area (Å²) < 4.78 is 16.7. The second-order valence-electron chi connectivity index (χ2n) is 10.1. The Morgan fingerprint density at radius 2 is 1.76 bits per heavy atom. The van der Waals surface area contributed by atoms with E-state index in [0.717, 1.165) is 69.2 Å². The zero-order valence-electron chi connectivity index (χ0n) is 18.1. The zero-order chi connectivity index (χ0) is 20.5. The molecule has 0 atom stereocenters. The average Bonchev–Trinajstić information content (AvgIpc) is 3.20. The van der Waals surface area contributed by atoms with Crippen molar-refractivity contribution in [3.63, 3.8) is 0 Å². The van der Waals surface area contributed by atoms with E-state index in [0.29, 0.717) is 12.0 Å². The Kier molecular flexibility index (Phi) is 5.78. The van der Waals surface area contributed by atoms with Gasteiger partial charge in [0.2, 0.25) is 12.7 Å². The van der Waals surface area contributed by atoms with Crippen LogP contribution in [0.15, 0.2) is 18.2 Å². The van der Waals surface area contributed by atoms with Gasteiger partial charge in [0.25, 0.3) is 0 Å². The van der Waals surface area contributed by atoms with Crippen LogP contribution in [0, 0.1) is 17.3 Å². The standard InChI is InChI=1S/C24H35NO4/c1-23(2,3)18-6-4-17(5-7-18)22(26)25-15-24(10-12-27-13-11-24)19-8-9-20-21(14-19)29-16-28-20/h8-9,14,17-18H,4-7,10-13,15-16H2,1-3H3,(H,25,26). The minimum Gasteiger partial charge on any atom is -0.454 e. The summed E-state index contributed by atoms with van der Waals surface area (Å²) in [4.78, 5) is 13.0. The Morgan fingerprint density at radius 1 is 1.07 bits per heavy atom. The van der Waals surface area contributed by atoms with Gasteiger partial charge in [-0.15, -0.1) is 0 Å². The Labute approximate surface area is 174 Å². The highest BCUT2D eigenvalue weighted by Crippen LogP contribution is 2.42. The Bertz CT molecular complexity index is 725. The second-order valence-corrected chi connectivity index (χ2v) is 10.1. The lowest BCUT2D eigenvalue weighted by molar-refractivity contribution is -0.127. The first-order valence-corrected chi connectivity index (χ1v) is 11.1. The maximum Gasteiger partial charge on any atom is 0.231 e. The van der Waals surface area contributed by atoms with Gasteiger partial charge in [-0.05, 0) is 67.6 Å². The van der Waals surface area contributed by atoms with E-state index in [4.69, 9.17) is 14.2 Å². The lowest BCUT2D eigenvalue weighted by Gasteiger charge is -2.39. The van der Waals surface area contributed by atoms with Gasteiger partial charge in [-0.25, -0.2) is 0 Å². The molecule has 0 bridgehead atoms. The van der Waals surface area contributed by atoms with Crippen LogP contribution in [0.1, 0.15) is 64.9 Å². The zero-order valence-corrected chi connectivity index (χ0v) is 18.1. The van der Waals surface area contributed by atoms with Crippen molar-refractivity contribution in [1.82, 2.24) is 5.32 Å². The van der Waals surface area contributed by atoms with Crippen LogP contribution in [-0.4, -0.2) is 32.5 Å². The fourth-order valence-electron chi connectivity index (χ4n) is 5.18. The number of ether oxygens (including phenoxy) is 3. The van der Waals surface area contributed by atoms with E-state index < -0.39 is 0 Å². The summed E-state index contributed by atoms with van der Waals surface area (Å²) in [5.41, 5.74) is 1.45. The van der Waals surface area contributed by atoms with Crippen molar-refractivity contribution in [2.75, 3.05) is 26.6 Å². The molecule has 3 aliphatic rings. The lowest BCUT2D eigenvalue weighted by Crippen LogP contribution is -2.46. The van der Waals surface area contributed by atoms with Gasteiger partial charge >= 0.3 is 0 Å². The van der Waals surface area contributed by atoms with Crippen molar-refractivity contribution < 1.29 is 19.0 Å². The fraction of sp³-hybridized carbons (Fsp3) is 0.708. The van der Waals surface area contributed by atoms with Gasteiger partial charge in [0.05, 0.1) is 0 Å². The van der Waals surface area contributed by atoms with Gasteiger partial charge < -0.3 is 19.5 Å². The van der Waals surface area contributed by atoms with Crippen LogP contribution in [0.5, 0.6) is 11.5 Å². The third kappa shape index (κ3) is 4.40. The summed E-state index contributed by atoms with van der Waals surface area (Å²) in [6, 6.07) is 6.21. The maximum absolute atomic E-state index is 13.0. The molecule has 4 rings (SSSR count). The van der Waals surface area contributed by atoms with Crippen LogP contribution >= 0.6 is 0 Å². The highest BCUT2D eigenvalue weighted by Gasteiger charge is 2.37. The van der Waals surface area contributed by atoms with E-state index in [2.05, 4.69) is 38.2 Å². The summed E-state index contributed by atoms with van der Waals surface area (Å²) in [6.45, 7) is 9.34. The first-order chi connectivity index (χ1) is 13.9. The fourth-order valence-corrected chi connectivity index (χ4v) is 5.18. The van der Waals surface area contributed by atoms with Gasteiger partial charge in [0, 0.05) is 31.1 Å². The minimum atomic E-state index is -0.0997. The van der Waals surface area contributed by atoms with E-state index in [1.54, 1.807) is 0 Å². The molecule has 5 nitrogen and oxygen atoms in total. The molecular weight excluding hydrogens is 366 g/mol. The summed E-state index contributed by atoms with van der Waals surface area (Å²) in [7, 11) is 0. The normalized spacial score (nSPS) is 26.2. The van der Waals surface area contributed by atoms with Crippen molar-refractivity contribution >= 4 is 5.91 Å².